The third-order valence-corrected chi connectivity index (χ3v) is 1.07. The fraction of sp³-hybridized carbons (Fsp3) is 0.125. The number of carbonyl (C=O) groups is 2. The van der Waals surface area contributed by atoms with E-state index in [4.69, 9.17) is 0 Å². The zero-order valence-corrected chi connectivity index (χ0v) is 6.59. The van der Waals surface area contributed by atoms with E-state index in [0.717, 1.165) is 6.08 Å². The fourth-order valence-electron chi connectivity index (χ4n) is 0.464. The predicted molar refractivity (Wildman–Crippen MR) is 42.1 cm³/mol. The van der Waals surface area contributed by atoms with Crippen LogP contribution in [0, 0.1) is 0 Å². The normalized spacial score (nSPS) is 8.08. The molecule has 0 fully saturated rings. The van der Waals surface area contributed by atoms with Gasteiger partial charge in [0.25, 0.3) is 5.91 Å². The Hall–Kier alpha value is -1.80. The number of isocyanates is 1. The van der Waals surface area contributed by atoms with E-state index in [1.807, 2.05) is 0 Å². The van der Waals surface area contributed by atoms with Crippen molar-refractivity contribution in [3.05, 3.63) is 24.3 Å². The highest BCUT2D eigenvalue weighted by Gasteiger charge is 2.14. The Balaban J connectivity index is 4.62. The molecule has 0 saturated carbocycles. The van der Waals surface area contributed by atoms with Crippen LogP contribution in [0.3, 0.4) is 0 Å². The van der Waals surface area contributed by atoms with Crippen molar-refractivity contribution in [3.8, 4) is 0 Å². The lowest BCUT2D eigenvalue weighted by molar-refractivity contribution is -0.118. The first-order valence-corrected chi connectivity index (χ1v) is 3.02. The third kappa shape index (κ3) is 2.44. The summed E-state index contributed by atoms with van der Waals surface area (Å²) in [6.45, 7) is 7.91. The molecule has 0 aromatic carbocycles. The van der Waals surface area contributed by atoms with Crippen LogP contribution in [0.4, 0.5) is 0 Å². The Bertz CT molecular complexity index is 292. The number of ketones is 1. The molecule has 0 rings (SSSR count). The van der Waals surface area contributed by atoms with E-state index in [1.165, 1.54) is 6.92 Å². The van der Waals surface area contributed by atoms with Crippen LogP contribution in [0.25, 0.3) is 0 Å². The summed E-state index contributed by atoms with van der Waals surface area (Å²) < 4.78 is 0. The molecule has 0 unspecified atom stereocenters. The fourth-order valence-corrected chi connectivity index (χ4v) is 0.464. The predicted octanol–water partition coefficient (Wildman–Crippen LogP) is 0.550. The minimum absolute atomic E-state index is 0.175. The number of allylic oxidation sites excluding steroid dienone is 1. The molecule has 0 heterocycles. The molecule has 62 valence electrons. The van der Waals surface area contributed by atoms with Crippen LogP contribution in [0.5, 0.6) is 0 Å². The van der Waals surface area contributed by atoms with Gasteiger partial charge in [-0.15, -0.1) is 4.99 Å². The van der Waals surface area contributed by atoms with Crippen molar-refractivity contribution in [2.24, 2.45) is 4.99 Å². The smallest absolute Gasteiger partial charge is 0.289 e. The molecule has 4 heteroatoms. The molecule has 0 radical (unpaired) electrons. The standard InChI is InChI=1S/C8H7NO3/c1-5(2)7(11)6(3)8(12)9-4-10/h1,3H2,2H3. The Morgan fingerprint density at radius 3 is 2.17 bits per heavy atom. The van der Waals surface area contributed by atoms with Crippen molar-refractivity contribution >= 4 is 17.8 Å². The van der Waals surface area contributed by atoms with Crippen molar-refractivity contribution in [3.63, 3.8) is 0 Å². The highest BCUT2D eigenvalue weighted by molar-refractivity contribution is 6.25. The zero-order valence-electron chi connectivity index (χ0n) is 6.59. The SMILES string of the molecule is C=C(C)C(=O)C(=C)C(=O)N=C=O. The quantitative estimate of drug-likeness (QED) is 0.202. The number of Topliss-reactive ketones (excluding diaryl/α,β-unsaturated/α-hetero) is 1. The van der Waals surface area contributed by atoms with E-state index >= 15 is 0 Å². The Labute approximate surface area is 69.3 Å². The molecule has 0 aliphatic rings. The van der Waals surface area contributed by atoms with Gasteiger partial charge in [0, 0.05) is 0 Å². The summed E-state index contributed by atoms with van der Waals surface area (Å²) in [5, 5.41) is 0. The van der Waals surface area contributed by atoms with Gasteiger partial charge in [-0.3, -0.25) is 9.59 Å². The average molecular weight is 165 g/mol. The van der Waals surface area contributed by atoms with Gasteiger partial charge in [-0.05, 0) is 12.5 Å². The van der Waals surface area contributed by atoms with Crippen LogP contribution in [0.1, 0.15) is 6.92 Å². The molecule has 0 aliphatic heterocycles. The van der Waals surface area contributed by atoms with Crippen LogP contribution in [0.15, 0.2) is 29.3 Å². The van der Waals surface area contributed by atoms with Crippen molar-refractivity contribution in [2.75, 3.05) is 0 Å². The highest BCUT2D eigenvalue weighted by atomic mass is 16.2. The number of carbonyl (C=O) groups excluding carboxylic acids is 3. The van der Waals surface area contributed by atoms with Crippen LogP contribution >= 0.6 is 0 Å². The molecule has 0 aliphatic carbocycles. The maximum atomic E-state index is 10.9. The second kappa shape index (κ2) is 4.16. The van der Waals surface area contributed by atoms with E-state index in [2.05, 4.69) is 18.2 Å². The molecule has 12 heavy (non-hydrogen) atoms. The lowest BCUT2D eigenvalue weighted by atomic mass is 10.1. The van der Waals surface area contributed by atoms with Crippen LogP contribution < -0.4 is 0 Å². The summed E-state index contributed by atoms with van der Waals surface area (Å²) >= 11 is 0. The van der Waals surface area contributed by atoms with Crippen molar-refractivity contribution < 1.29 is 14.4 Å². The summed E-state index contributed by atoms with van der Waals surface area (Å²) in [5.74, 6) is -1.57. The van der Waals surface area contributed by atoms with Crippen molar-refractivity contribution in [2.45, 2.75) is 6.92 Å². The number of hydrogen-bond donors (Lipinski definition) is 0. The van der Waals surface area contributed by atoms with Crippen LogP contribution in [-0.2, 0) is 14.4 Å². The first-order chi connectivity index (χ1) is 5.50. The van der Waals surface area contributed by atoms with E-state index in [-0.39, 0.29) is 11.1 Å². The van der Waals surface area contributed by atoms with Gasteiger partial charge < -0.3 is 0 Å². The Morgan fingerprint density at radius 1 is 1.33 bits per heavy atom. The van der Waals surface area contributed by atoms with Gasteiger partial charge in [-0.2, -0.15) is 0 Å². The molecular formula is C8H7NO3. The summed E-state index contributed by atoms with van der Waals surface area (Å²) in [4.78, 5) is 34.0. The van der Waals surface area contributed by atoms with E-state index in [1.54, 1.807) is 0 Å². The highest BCUT2D eigenvalue weighted by Crippen LogP contribution is 2.02. The van der Waals surface area contributed by atoms with Gasteiger partial charge >= 0.3 is 0 Å². The second-order valence-corrected chi connectivity index (χ2v) is 2.10. The molecule has 0 saturated heterocycles. The molecule has 0 atom stereocenters. The van der Waals surface area contributed by atoms with Gasteiger partial charge in [0.2, 0.25) is 6.08 Å². The van der Waals surface area contributed by atoms with E-state index in [9.17, 15) is 14.4 Å². The lowest BCUT2D eigenvalue weighted by Crippen LogP contribution is -2.09. The minimum Gasteiger partial charge on any atom is -0.289 e. The minimum atomic E-state index is -0.974. The maximum Gasteiger partial charge on any atom is 0.291 e. The Morgan fingerprint density at radius 2 is 1.83 bits per heavy atom. The number of rotatable bonds is 3. The average Bonchev–Trinajstić information content (AvgIpc) is 2.02. The van der Waals surface area contributed by atoms with Crippen molar-refractivity contribution in [1.82, 2.24) is 0 Å². The molecular weight excluding hydrogens is 158 g/mol. The summed E-state index contributed by atoms with van der Waals surface area (Å²) in [5.41, 5.74) is -0.194. The van der Waals surface area contributed by atoms with Gasteiger partial charge in [-0.1, -0.05) is 13.2 Å². The van der Waals surface area contributed by atoms with Crippen LogP contribution in [0.2, 0.25) is 0 Å². The number of amides is 1. The van der Waals surface area contributed by atoms with Crippen LogP contribution in [-0.4, -0.2) is 17.8 Å². The zero-order chi connectivity index (χ0) is 9.72. The molecule has 4 nitrogen and oxygen atoms in total. The third-order valence-electron chi connectivity index (χ3n) is 1.07. The second-order valence-electron chi connectivity index (χ2n) is 2.10. The number of aliphatic imine (C=N–C) groups is 1. The summed E-state index contributed by atoms with van der Waals surface area (Å²) in [6, 6.07) is 0. The summed E-state index contributed by atoms with van der Waals surface area (Å²) in [6.07, 6.45) is 1.02. The molecule has 0 N–H and O–H groups in total. The first-order valence-electron chi connectivity index (χ1n) is 3.02. The molecule has 0 aromatic rings. The van der Waals surface area contributed by atoms with Gasteiger partial charge in [0.1, 0.15) is 0 Å². The number of nitrogens with zero attached hydrogens (tertiary/aromatic N) is 1. The Kier molecular flexibility index (Phi) is 3.53. The first kappa shape index (κ1) is 10.2. The monoisotopic (exact) mass is 165 g/mol. The van der Waals surface area contributed by atoms with Crippen molar-refractivity contribution in [1.29, 1.82) is 0 Å². The molecule has 0 spiro atoms. The van der Waals surface area contributed by atoms with E-state index in [0.29, 0.717) is 0 Å². The van der Waals surface area contributed by atoms with E-state index < -0.39 is 11.7 Å². The molecule has 1 amide bonds. The van der Waals surface area contributed by atoms with Gasteiger partial charge in [-0.25, -0.2) is 4.79 Å². The number of hydrogen-bond acceptors (Lipinski definition) is 3. The van der Waals surface area contributed by atoms with Gasteiger partial charge in [0.15, 0.2) is 5.78 Å². The molecule has 0 bridgehead atoms. The van der Waals surface area contributed by atoms with Gasteiger partial charge in [0.05, 0.1) is 5.57 Å². The topological polar surface area (TPSA) is 63.6 Å². The molecule has 0 aromatic heterocycles. The largest absolute Gasteiger partial charge is 0.291 e. The summed E-state index contributed by atoms with van der Waals surface area (Å²) in [7, 11) is 0. The maximum absolute atomic E-state index is 10.9. The lowest BCUT2D eigenvalue weighted by Gasteiger charge is -1.96.